The molecular weight excluding hydrogens is 364 g/mol. The van der Waals surface area contributed by atoms with Crippen molar-refractivity contribution in [2.75, 3.05) is 13.3 Å². The van der Waals surface area contributed by atoms with Gasteiger partial charge < -0.3 is 9.47 Å². The number of benzene rings is 2. The highest BCUT2D eigenvalue weighted by molar-refractivity contribution is 7.98. The molecule has 0 bridgehead atoms. The molecule has 3 rings (SSSR count). The molecule has 0 saturated carbocycles. The van der Waals surface area contributed by atoms with Crippen LogP contribution in [-0.4, -0.2) is 38.6 Å². The number of nitro groups is 1. The van der Waals surface area contributed by atoms with Gasteiger partial charge in [-0.25, -0.2) is 4.98 Å². The molecule has 0 aliphatic heterocycles. The number of aryl methyl sites for hydroxylation is 1. The molecule has 27 heavy (non-hydrogen) atoms. The fraction of sp³-hybridized carbons (Fsp3) is 0.263. The van der Waals surface area contributed by atoms with Gasteiger partial charge >= 0.3 is 0 Å². The fourth-order valence-electron chi connectivity index (χ4n) is 3.06. The number of rotatable bonds is 6. The summed E-state index contributed by atoms with van der Waals surface area (Å²) in [4.78, 5) is 30.6. The third-order valence-electron chi connectivity index (χ3n) is 4.41. The van der Waals surface area contributed by atoms with E-state index in [9.17, 15) is 14.9 Å². The van der Waals surface area contributed by atoms with E-state index in [1.807, 2.05) is 42.0 Å². The molecule has 0 spiro atoms. The van der Waals surface area contributed by atoms with Crippen molar-refractivity contribution in [3.63, 3.8) is 0 Å². The Bertz CT molecular complexity index is 1020. The Labute approximate surface area is 161 Å². The predicted octanol–water partition coefficient (Wildman–Crippen LogP) is 3.96. The van der Waals surface area contributed by atoms with Gasteiger partial charge in [0.25, 0.3) is 11.6 Å². The quantitative estimate of drug-likeness (QED) is 0.365. The van der Waals surface area contributed by atoms with E-state index >= 15 is 0 Å². The minimum Gasteiger partial charge on any atom is -0.334 e. The van der Waals surface area contributed by atoms with Crippen molar-refractivity contribution in [1.29, 1.82) is 0 Å². The van der Waals surface area contributed by atoms with Crippen LogP contribution in [-0.2, 0) is 13.1 Å². The number of nitrogens with zero attached hydrogens (tertiary/aromatic N) is 4. The van der Waals surface area contributed by atoms with Gasteiger partial charge in [0.15, 0.2) is 0 Å². The lowest BCUT2D eigenvalue weighted by Gasteiger charge is -2.18. The molecule has 2 aromatic carbocycles. The predicted molar refractivity (Wildman–Crippen MR) is 106 cm³/mol. The normalized spacial score (nSPS) is 10.9. The zero-order valence-electron chi connectivity index (χ0n) is 15.4. The van der Waals surface area contributed by atoms with Crippen LogP contribution in [0.2, 0.25) is 0 Å². The SMILES string of the molecule is CCn1c(CN(C)C(=O)c2cc(SC)ccc2[N+](=O)[O-])nc2ccccc21. The number of thioether (sulfide) groups is 1. The number of carbonyl (C=O) groups is 1. The Morgan fingerprint density at radius 1 is 1.30 bits per heavy atom. The van der Waals surface area contributed by atoms with Gasteiger partial charge in [-0.05, 0) is 37.4 Å². The first kappa shape index (κ1) is 18.9. The smallest absolute Gasteiger partial charge is 0.282 e. The Balaban J connectivity index is 1.94. The highest BCUT2D eigenvalue weighted by Crippen LogP contribution is 2.26. The summed E-state index contributed by atoms with van der Waals surface area (Å²) in [7, 11) is 1.64. The molecule has 3 aromatic rings. The summed E-state index contributed by atoms with van der Waals surface area (Å²) in [6.07, 6.45) is 1.86. The van der Waals surface area contributed by atoms with E-state index < -0.39 is 10.8 Å². The van der Waals surface area contributed by atoms with Gasteiger partial charge in [0, 0.05) is 24.6 Å². The van der Waals surface area contributed by atoms with Crippen LogP contribution in [0.25, 0.3) is 11.0 Å². The molecule has 1 amide bonds. The van der Waals surface area contributed by atoms with E-state index in [2.05, 4.69) is 4.98 Å². The van der Waals surface area contributed by atoms with Crippen LogP contribution in [0.15, 0.2) is 47.4 Å². The van der Waals surface area contributed by atoms with Crippen LogP contribution < -0.4 is 0 Å². The largest absolute Gasteiger partial charge is 0.334 e. The third kappa shape index (κ3) is 3.66. The molecule has 1 heterocycles. The van der Waals surface area contributed by atoms with Crippen molar-refractivity contribution in [3.8, 4) is 0 Å². The third-order valence-corrected chi connectivity index (χ3v) is 5.13. The van der Waals surface area contributed by atoms with Gasteiger partial charge in [0.05, 0.1) is 22.5 Å². The number of aromatic nitrogens is 2. The summed E-state index contributed by atoms with van der Waals surface area (Å²) >= 11 is 1.44. The van der Waals surface area contributed by atoms with Gasteiger partial charge in [0.2, 0.25) is 0 Å². The second kappa shape index (κ2) is 7.79. The number of para-hydroxylation sites is 2. The van der Waals surface area contributed by atoms with E-state index in [4.69, 9.17) is 0 Å². The van der Waals surface area contributed by atoms with E-state index in [1.54, 1.807) is 19.2 Å². The van der Waals surface area contributed by atoms with E-state index in [-0.39, 0.29) is 17.8 Å². The number of hydrogen-bond acceptors (Lipinski definition) is 5. The lowest BCUT2D eigenvalue weighted by atomic mass is 10.1. The Morgan fingerprint density at radius 2 is 2.04 bits per heavy atom. The van der Waals surface area contributed by atoms with Crippen LogP contribution in [0.1, 0.15) is 23.1 Å². The summed E-state index contributed by atoms with van der Waals surface area (Å²) in [5, 5.41) is 11.3. The lowest BCUT2D eigenvalue weighted by molar-refractivity contribution is -0.385. The molecule has 0 atom stereocenters. The zero-order chi connectivity index (χ0) is 19.6. The van der Waals surface area contributed by atoms with E-state index in [1.165, 1.54) is 22.7 Å². The summed E-state index contributed by atoms with van der Waals surface area (Å²) in [6, 6.07) is 12.4. The first-order chi connectivity index (χ1) is 13.0. The van der Waals surface area contributed by atoms with Gasteiger partial charge in [-0.2, -0.15) is 0 Å². The van der Waals surface area contributed by atoms with Crippen LogP contribution in [0, 0.1) is 10.1 Å². The maximum Gasteiger partial charge on any atom is 0.282 e. The van der Waals surface area contributed by atoms with Gasteiger partial charge in [-0.1, -0.05) is 12.1 Å². The monoisotopic (exact) mass is 384 g/mol. The molecule has 1 aromatic heterocycles. The first-order valence-corrected chi connectivity index (χ1v) is 9.70. The lowest BCUT2D eigenvalue weighted by Crippen LogP contribution is -2.28. The number of amides is 1. The average molecular weight is 384 g/mol. The Kier molecular flexibility index (Phi) is 5.46. The Morgan fingerprint density at radius 3 is 2.70 bits per heavy atom. The average Bonchev–Trinajstić information content (AvgIpc) is 3.03. The van der Waals surface area contributed by atoms with Gasteiger partial charge in [0.1, 0.15) is 11.4 Å². The molecule has 8 heteroatoms. The zero-order valence-corrected chi connectivity index (χ0v) is 16.2. The highest BCUT2D eigenvalue weighted by atomic mass is 32.2. The summed E-state index contributed by atoms with van der Waals surface area (Å²) < 4.78 is 2.05. The van der Waals surface area contributed by atoms with Crippen LogP contribution >= 0.6 is 11.8 Å². The summed E-state index contributed by atoms with van der Waals surface area (Å²) in [5.74, 6) is 0.352. The number of imidazole rings is 1. The van der Waals surface area contributed by atoms with Crippen LogP contribution in [0.3, 0.4) is 0 Å². The summed E-state index contributed by atoms with van der Waals surface area (Å²) in [5.41, 5.74) is 1.78. The molecule has 0 aliphatic rings. The fourth-order valence-corrected chi connectivity index (χ4v) is 3.50. The second-order valence-corrected chi connectivity index (χ2v) is 6.94. The summed E-state index contributed by atoms with van der Waals surface area (Å²) in [6.45, 7) is 3.01. The maximum atomic E-state index is 12.9. The molecule has 0 saturated heterocycles. The molecule has 0 N–H and O–H groups in total. The molecule has 7 nitrogen and oxygen atoms in total. The van der Waals surface area contributed by atoms with Gasteiger partial charge in [-0.15, -0.1) is 11.8 Å². The minimum absolute atomic E-state index is 0.0912. The van der Waals surface area contributed by atoms with E-state index in [0.29, 0.717) is 0 Å². The highest BCUT2D eigenvalue weighted by Gasteiger charge is 2.24. The van der Waals surface area contributed by atoms with Crippen molar-refractivity contribution in [1.82, 2.24) is 14.5 Å². The van der Waals surface area contributed by atoms with Crippen molar-refractivity contribution in [2.45, 2.75) is 24.9 Å². The number of carbonyl (C=O) groups excluding carboxylic acids is 1. The van der Waals surface area contributed by atoms with E-state index in [0.717, 1.165) is 28.3 Å². The second-order valence-electron chi connectivity index (χ2n) is 6.06. The Hall–Kier alpha value is -2.87. The molecule has 0 unspecified atom stereocenters. The number of nitro benzene ring substituents is 1. The van der Waals surface area contributed by atoms with Crippen LogP contribution in [0.5, 0.6) is 0 Å². The number of hydrogen-bond donors (Lipinski definition) is 0. The first-order valence-electron chi connectivity index (χ1n) is 8.48. The topological polar surface area (TPSA) is 81.3 Å². The van der Waals surface area contributed by atoms with Crippen molar-refractivity contribution in [2.24, 2.45) is 0 Å². The molecule has 0 aliphatic carbocycles. The van der Waals surface area contributed by atoms with Crippen molar-refractivity contribution < 1.29 is 9.72 Å². The minimum atomic E-state index is -0.521. The maximum absolute atomic E-state index is 12.9. The molecule has 0 fully saturated rings. The van der Waals surface area contributed by atoms with Crippen molar-refractivity contribution >= 4 is 34.4 Å². The van der Waals surface area contributed by atoms with Crippen molar-refractivity contribution in [3.05, 3.63) is 64.0 Å². The standard InChI is InChI=1S/C19H20N4O3S/c1-4-22-17-8-6-5-7-15(17)20-18(22)12-21(2)19(24)14-11-13(27-3)9-10-16(14)23(25)26/h5-11H,4,12H2,1-3H3. The van der Waals surface area contributed by atoms with Gasteiger partial charge in [-0.3, -0.25) is 14.9 Å². The molecule has 140 valence electrons. The molecule has 0 radical (unpaired) electrons. The van der Waals surface area contributed by atoms with Crippen LogP contribution in [0.4, 0.5) is 5.69 Å². The molecular formula is C19H20N4O3S. The number of fused-ring (bicyclic) bond motifs is 1.